The molecule has 0 aromatic rings. The molecule has 100 valence electrons. The zero-order chi connectivity index (χ0) is 12.1. The zero-order valence-corrected chi connectivity index (χ0v) is 11.9. The first-order valence-electron chi connectivity index (χ1n) is 7.25. The van der Waals surface area contributed by atoms with Crippen molar-refractivity contribution >= 4 is 11.8 Å². The molecule has 2 unspecified atom stereocenters. The van der Waals surface area contributed by atoms with Crippen molar-refractivity contribution in [3.05, 3.63) is 0 Å². The molecule has 2 fully saturated rings. The summed E-state index contributed by atoms with van der Waals surface area (Å²) in [5, 5.41) is 0. The Bertz CT molecular complexity index is 228. The first-order chi connectivity index (χ1) is 8.24. The van der Waals surface area contributed by atoms with Gasteiger partial charge < -0.3 is 10.5 Å². The number of rotatable bonds is 5. The van der Waals surface area contributed by atoms with Crippen molar-refractivity contribution in [3.63, 3.8) is 0 Å². The lowest BCUT2D eigenvalue weighted by Gasteiger charge is -2.33. The summed E-state index contributed by atoms with van der Waals surface area (Å²) >= 11 is 1.98. The van der Waals surface area contributed by atoms with E-state index in [-0.39, 0.29) is 5.60 Å². The maximum absolute atomic E-state index is 6.34. The van der Waals surface area contributed by atoms with Crippen LogP contribution in [0.5, 0.6) is 0 Å². The first kappa shape index (κ1) is 13.7. The predicted octanol–water partition coefficient (Wildman–Crippen LogP) is 3.34. The summed E-state index contributed by atoms with van der Waals surface area (Å²) in [6.45, 7) is 2.16. The summed E-state index contributed by atoms with van der Waals surface area (Å²) in [4.78, 5) is 0. The van der Waals surface area contributed by atoms with E-state index in [0.29, 0.717) is 12.1 Å². The maximum Gasteiger partial charge on any atom is 0.0687 e. The fourth-order valence-corrected chi connectivity index (χ4v) is 4.22. The number of ether oxygens (including phenoxy) is 1. The van der Waals surface area contributed by atoms with Gasteiger partial charge in [0.2, 0.25) is 0 Å². The van der Waals surface area contributed by atoms with Crippen LogP contribution in [-0.4, -0.2) is 29.3 Å². The van der Waals surface area contributed by atoms with Gasteiger partial charge in [0.15, 0.2) is 0 Å². The molecule has 2 nitrogen and oxygen atoms in total. The Balaban J connectivity index is 1.67. The second-order valence-electron chi connectivity index (χ2n) is 5.73. The first-order valence-corrected chi connectivity index (χ1v) is 8.41. The van der Waals surface area contributed by atoms with Gasteiger partial charge in [-0.05, 0) is 32.1 Å². The third-order valence-corrected chi connectivity index (χ3v) is 5.53. The van der Waals surface area contributed by atoms with Gasteiger partial charge in [-0.3, -0.25) is 0 Å². The molecule has 2 atom stereocenters. The van der Waals surface area contributed by atoms with Crippen molar-refractivity contribution in [3.8, 4) is 0 Å². The molecule has 1 spiro atoms. The number of hydrogen-bond acceptors (Lipinski definition) is 3. The average molecular weight is 257 g/mol. The second kappa shape index (κ2) is 6.44. The van der Waals surface area contributed by atoms with Crippen molar-refractivity contribution in [2.75, 3.05) is 11.5 Å². The Morgan fingerprint density at radius 1 is 1.29 bits per heavy atom. The highest BCUT2D eigenvalue weighted by Crippen LogP contribution is 2.42. The van der Waals surface area contributed by atoms with Crippen molar-refractivity contribution in [2.45, 2.75) is 76.0 Å². The lowest BCUT2D eigenvalue weighted by Crippen LogP contribution is -2.32. The summed E-state index contributed by atoms with van der Waals surface area (Å²) in [5.74, 6) is 2.23. The molecular formula is C14H27NOS. The van der Waals surface area contributed by atoms with Crippen molar-refractivity contribution in [1.29, 1.82) is 0 Å². The second-order valence-corrected chi connectivity index (χ2v) is 6.80. The van der Waals surface area contributed by atoms with Crippen LogP contribution in [0.2, 0.25) is 0 Å². The van der Waals surface area contributed by atoms with Gasteiger partial charge in [-0.1, -0.05) is 26.2 Å². The van der Waals surface area contributed by atoms with Crippen LogP contribution >= 0.6 is 11.8 Å². The monoisotopic (exact) mass is 257 g/mol. The van der Waals surface area contributed by atoms with E-state index in [4.69, 9.17) is 10.5 Å². The van der Waals surface area contributed by atoms with E-state index in [2.05, 4.69) is 6.92 Å². The Hall–Kier alpha value is 0.270. The maximum atomic E-state index is 6.34. The molecule has 17 heavy (non-hydrogen) atoms. The lowest BCUT2D eigenvalue weighted by atomic mass is 9.83. The van der Waals surface area contributed by atoms with Crippen LogP contribution in [0.1, 0.15) is 58.3 Å². The van der Waals surface area contributed by atoms with E-state index < -0.39 is 0 Å². The van der Waals surface area contributed by atoms with Gasteiger partial charge in [0.1, 0.15) is 0 Å². The van der Waals surface area contributed by atoms with Crippen LogP contribution in [0.4, 0.5) is 0 Å². The van der Waals surface area contributed by atoms with Gasteiger partial charge in [-0.25, -0.2) is 0 Å². The molecule has 2 rings (SSSR count). The van der Waals surface area contributed by atoms with Gasteiger partial charge in [0, 0.05) is 17.5 Å². The highest BCUT2D eigenvalue weighted by Gasteiger charge is 2.40. The summed E-state index contributed by atoms with van der Waals surface area (Å²) in [5.41, 5.74) is 6.22. The highest BCUT2D eigenvalue weighted by molar-refractivity contribution is 7.99. The van der Waals surface area contributed by atoms with E-state index in [1.807, 2.05) is 11.8 Å². The predicted molar refractivity (Wildman–Crippen MR) is 75.5 cm³/mol. The average Bonchev–Trinajstić information content (AvgIpc) is 2.73. The molecule has 2 aliphatic rings. The minimum Gasteiger partial charge on any atom is -0.371 e. The van der Waals surface area contributed by atoms with Gasteiger partial charge in [0.05, 0.1) is 11.7 Å². The van der Waals surface area contributed by atoms with E-state index in [0.717, 1.165) is 17.9 Å². The SMILES string of the molecule is CCC(N)CSCC1CCC2(CCCCC2)O1. The molecule has 0 aromatic carbocycles. The van der Waals surface area contributed by atoms with Crippen LogP contribution in [0, 0.1) is 0 Å². The topological polar surface area (TPSA) is 35.2 Å². The largest absolute Gasteiger partial charge is 0.371 e. The van der Waals surface area contributed by atoms with E-state index >= 15 is 0 Å². The van der Waals surface area contributed by atoms with Gasteiger partial charge >= 0.3 is 0 Å². The molecule has 1 aliphatic heterocycles. The van der Waals surface area contributed by atoms with Crippen molar-refractivity contribution in [2.24, 2.45) is 5.73 Å². The fourth-order valence-electron chi connectivity index (χ4n) is 3.05. The molecule has 0 bridgehead atoms. The summed E-state index contributed by atoms with van der Waals surface area (Å²) in [6.07, 6.45) is 10.9. The summed E-state index contributed by atoms with van der Waals surface area (Å²) < 4.78 is 6.34. The minimum absolute atomic E-state index is 0.288. The van der Waals surface area contributed by atoms with Crippen LogP contribution in [-0.2, 0) is 4.74 Å². The molecule has 0 aromatic heterocycles. The highest BCUT2D eigenvalue weighted by atomic mass is 32.2. The molecule has 1 aliphatic carbocycles. The van der Waals surface area contributed by atoms with Crippen molar-refractivity contribution in [1.82, 2.24) is 0 Å². The molecule has 0 radical (unpaired) electrons. The Morgan fingerprint density at radius 3 is 2.76 bits per heavy atom. The molecule has 1 heterocycles. The van der Waals surface area contributed by atoms with Gasteiger partial charge in [-0.15, -0.1) is 0 Å². The quantitative estimate of drug-likeness (QED) is 0.820. The number of thioether (sulfide) groups is 1. The Labute approximate surface area is 110 Å². The minimum atomic E-state index is 0.288. The van der Waals surface area contributed by atoms with Crippen LogP contribution in [0.25, 0.3) is 0 Å². The van der Waals surface area contributed by atoms with Crippen LogP contribution < -0.4 is 5.73 Å². The van der Waals surface area contributed by atoms with Gasteiger partial charge in [-0.2, -0.15) is 11.8 Å². The molecule has 0 amide bonds. The molecular weight excluding hydrogens is 230 g/mol. The smallest absolute Gasteiger partial charge is 0.0687 e. The van der Waals surface area contributed by atoms with Crippen molar-refractivity contribution < 1.29 is 4.74 Å². The summed E-state index contributed by atoms with van der Waals surface area (Å²) in [7, 11) is 0. The van der Waals surface area contributed by atoms with Crippen LogP contribution in [0.15, 0.2) is 0 Å². The van der Waals surface area contributed by atoms with E-state index in [9.17, 15) is 0 Å². The number of hydrogen-bond donors (Lipinski definition) is 1. The van der Waals surface area contributed by atoms with E-state index in [1.54, 1.807) is 0 Å². The molecule has 3 heteroatoms. The molecule has 1 saturated carbocycles. The molecule has 1 saturated heterocycles. The van der Waals surface area contributed by atoms with E-state index in [1.165, 1.54) is 44.9 Å². The Kier molecular flexibility index (Phi) is 5.19. The standard InChI is InChI=1S/C14H27NOS/c1-2-12(15)10-17-11-13-6-9-14(16-13)7-4-3-5-8-14/h12-13H,2-11,15H2,1H3. The normalized spacial score (nSPS) is 29.6. The Morgan fingerprint density at radius 2 is 2.06 bits per heavy atom. The van der Waals surface area contributed by atoms with Crippen LogP contribution in [0.3, 0.4) is 0 Å². The zero-order valence-electron chi connectivity index (χ0n) is 11.1. The molecule has 2 N–H and O–H groups in total. The lowest BCUT2D eigenvalue weighted by molar-refractivity contribution is -0.0555. The third-order valence-electron chi connectivity index (χ3n) is 4.26. The fraction of sp³-hybridized carbons (Fsp3) is 1.00. The summed E-state index contributed by atoms with van der Waals surface area (Å²) in [6, 6.07) is 0.366. The van der Waals surface area contributed by atoms with Gasteiger partial charge in [0.25, 0.3) is 0 Å². The third kappa shape index (κ3) is 3.87. The number of nitrogens with two attached hydrogens (primary N) is 1.